The number of guanidine groups is 1. The first-order valence-corrected chi connectivity index (χ1v) is 6.01. The normalized spacial score (nSPS) is 11.0. The highest BCUT2D eigenvalue weighted by atomic mass is 79.9. The van der Waals surface area contributed by atoms with Gasteiger partial charge in [0.05, 0.1) is 10.7 Å². The topological polar surface area (TPSA) is 88.7 Å². The molecule has 0 aliphatic carbocycles. The highest BCUT2D eigenvalue weighted by Crippen LogP contribution is 2.29. The summed E-state index contributed by atoms with van der Waals surface area (Å²) >= 11 is 9.32. The van der Waals surface area contributed by atoms with Crippen LogP contribution in [0.3, 0.4) is 0 Å². The quantitative estimate of drug-likeness (QED) is 0.440. The average Bonchev–Trinajstić information content (AvgIpc) is 2.23. The minimum absolute atomic E-state index is 0.152. The number of carbonyl (C=O) groups excluding carboxylic acids is 1. The summed E-state index contributed by atoms with van der Waals surface area (Å²) in [6, 6.07) is 2.95. The average molecular weight is 336 g/mol. The first kappa shape index (κ1) is 14.6. The fraction of sp³-hybridized carbons (Fsp3) is 0.200. The predicted molar refractivity (Wildman–Crippen MR) is 74.7 cm³/mol. The van der Waals surface area contributed by atoms with E-state index in [2.05, 4.69) is 36.6 Å². The number of aryl methyl sites for hydroxylation is 1. The Morgan fingerprint density at radius 1 is 1.56 bits per heavy atom. The summed E-state index contributed by atoms with van der Waals surface area (Å²) in [7, 11) is 1.32. The van der Waals surface area contributed by atoms with Gasteiger partial charge in [0.1, 0.15) is 7.11 Å². The maximum Gasteiger partial charge on any atom is 0.326 e. The number of rotatable bonds is 2. The van der Waals surface area contributed by atoms with Crippen molar-refractivity contribution in [1.82, 2.24) is 5.32 Å². The molecule has 8 heteroatoms. The van der Waals surface area contributed by atoms with Crippen LogP contribution in [0.1, 0.15) is 5.56 Å². The van der Waals surface area contributed by atoms with Crippen LogP contribution in [0.15, 0.2) is 21.8 Å². The SMILES string of the molecule is CON=C(N)NC(=O)Nc1c(C)cc(Br)cc1Cl. The van der Waals surface area contributed by atoms with Gasteiger partial charge in [0.2, 0.25) is 5.96 Å². The van der Waals surface area contributed by atoms with Gasteiger partial charge in [-0.05, 0) is 29.8 Å². The summed E-state index contributed by atoms with van der Waals surface area (Å²) in [6.45, 7) is 1.82. The van der Waals surface area contributed by atoms with Gasteiger partial charge in [-0.3, -0.25) is 5.32 Å². The lowest BCUT2D eigenvalue weighted by atomic mass is 10.2. The Bertz CT molecular complexity index is 470. The molecule has 0 saturated carbocycles. The van der Waals surface area contributed by atoms with Crippen molar-refractivity contribution in [2.75, 3.05) is 12.4 Å². The summed E-state index contributed by atoms with van der Waals surface area (Å²) < 4.78 is 0.830. The van der Waals surface area contributed by atoms with Gasteiger partial charge in [-0.1, -0.05) is 27.5 Å². The largest absolute Gasteiger partial charge is 0.396 e. The molecular weight excluding hydrogens is 323 g/mol. The number of anilines is 1. The van der Waals surface area contributed by atoms with Gasteiger partial charge in [0.25, 0.3) is 0 Å². The number of nitrogens with zero attached hydrogens (tertiary/aromatic N) is 1. The number of urea groups is 1. The highest BCUT2D eigenvalue weighted by molar-refractivity contribution is 9.10. The molecule has 0 spiro atoms. The van der Waals surface area contributed by atoms with E-state index in [0.717, 1.165) is 10.0 Å². The molecule has 0 fully saturated rings. The van der Waals surface area contributed by atoms with Crippen molar-refractivity contribution in [3.8, 4) is 0 Å². The van der Waals surface area contributed by atoms with Crippen LogP contribution in [-0.4, -0.2) is 19.1 Å². The molecule has 0 unspecified atom stereocenters. The van der Waals surface area contributed by atoms with Crippen LogP contribution in [0.5, 0.6) is 0 Å². The number of benzene rings is 1. The van der Waals surface area contributed by atoms with E-state index < -0.39 is 6.03 Å². The van der Waals surface area contributed by atoms with E-state index in [-0.39, 0.29) is 5.96 Å². The second-order valence-corrected chi connectivity index (χ2v) is 4.64. The van der Waals surface area contributed by atoms with Gasteiger partial charge in [-0.2, -0.15) is 0 Å². The summed E-state index contributed by atoms with van der Waals surface area (Å²) in [5.74, 6) is -0.152. The lowest BCUT2D eigenvalue weighted by Crippen LogP contribution is -2.39. The molecule has 2 amide bonds. The van der Waals surface area contributed by atoms with Crippen molar-refractivity contribution < 1.29 is 9.63 Å². The molecule has 0 aromatic heterocycles. The molecule has 1 rings (SSSR count). The minimum Gasteiger partial charge on any atom is -0.396 e. The third-order valence-corrected chi connectivity index (χ3v) is 2.68. The smallest absolute Gasteiger partial charge is 0.326 e. The van der Waals surface area contributed by atoms with E-state index in [4.69, 9.17) is 17.3 Å². The number of halogens is 2. The number of carbonyl (C=O) groups is 1. The Morgan fingerprint density at radius 2 is 2.22 bits per heavy atom. The van der Waals surface area contributed by atoms with Gasteiger partial charge in [-0.25, -0.2) is 4.79 Å². The third-order valence-electron chi connectivity index (χ3n) is 1.92. The first-order valence-electron chi connectivity index (χ1n) is 4.84. The fourth-order valence-corrected chi connectivity index (χ4v) is 2.26. The molecule has 0 heterocycles. The first-order chi connectivity index (χ1) is 8.43. The number of oxime groups is 1. The Hall–Kier alpha value is -1.47. The second-order valence-electron chi connectivity index (χ2n) is 3.32. The van der Waals surface area contributed by atoms with Gasteiger partial charge in [0, 0.05) is 4.47 Å². The van der Waals surface area contributed by atoms with Crippen LogP contribution in [0.25, 0.3) is 0 Å². The zero-order valence-corrected chi connectivity index (χ0v) is 12.1. The summed E-state index contributed by atoms with van der Waals surface area (Å²) in [5, 5.41) is 8.62. The predicted octanol–water partition coefficient (Wildman–Crippen LogP) is 2.41. The highest BCUT2D eigenvalue weighted by Gasteiger charge is 2.10. The van der Waals surface area contributed by atoms with Crippen molar-refractivity contribution in [2.24, 2.45) is 10.9 Å². The maximum absolute atomic E-state index is 11.6. The zero-order chi connectivity index (χ0) is 13.7. The van der Waals surface area contributed by atoms with Crippen LogP contribution >= 0.6 is 27.5 Å². The maximum atomic E-state index is 11.6. The summed E-state index contributed by atoms with van der Waals surface area (Å²) in [4.78, 5) is 16.0. The zero-order valence-electron chi connectivity index (χ0n) is 9.75. The van der Waals surface area contributed by atoms with Gasteiger partial charge < -0.3 is 15.9 Å². The molecule has 1 aromatic rings. The Morgan fingerprint density at radius 3 is 2.78 bits per heavy atom. The van der Waals surface area contributed by atoms with Crippen molar-refractivity contribution in [1.29, 1.82) is 0 Å². The molecular formula is C10H12BrClN4O2. The minimum atomic E-state index is -0.555. The number of nitrogens with one attached hydrogen (secondary N) is 2. The van der Waals surface area contributed by atoms with E-state index in [1.54, 1.807) is 6.07 Å². The van der Waals surface area contributed by atoms with Crippen LogP contribution in [0.2, 0.25) is 5.02 Å². The molecule has 6 nitrogen and oxygen atoms in total. The lowest BCUT2D eigenvalue weighted by Gasteiger charge is -2.11. The Balaban J connectivity index is 2.80. The number of amides is 2. The van der Waals surface area contributed by atoms with Crippen LogP contribution in [-0.2, 0) is 4.84 Å². The molecule has 0 atom stereocenters. The molecule has 0 aliphatic rings. The van der Waals surface area contributed by atoms with Gasteiger partial charge in [0.15, 0.2) is 0 Å². The Kier molecular flexibility index (Phi) is 5.24. The third kappa shape index (κ3) is 4.08. The molecule has 0 bridgehead atoms. The fourth-order valence-electron chi connectivity index (χ4n) is 1.24. The van der Waals surface area contributed by atoms with Crippen LogP contribution in [0.4, 0.5) is 10.5 Å². The van der Waals surface area contributed by atoms with E-state index in [1.807, 2.05) is 13.0 Å². The van der Waals surface area contributed by atoms with E-state index in [9.17, 15) is 4.79 Å². The van der Waals surface area contributed by atoms with E-state index in [0.29, 0.717) is 10.7 Å². The van der Waals surface area contributed by atoms with Gasteiger partial charge in [-0.15, -0.1) is 0 Å². The molecule has 18 heavy (non-hydrogen) atoms. The molecule has 0 radical (unpaired) electrons. The Labute approximate surface area is 118 Å². The summed E-state index contributed by atoms with van der Waals surface area (Å²) in [5.41, 5.74) is 6.67. The van der Waals surface area contributed by atoms with Crippen molar-refractivity contribution in [3.63, 3.8) is 0 Å². The van der Waals surface area contributed by atoms with E-state index in [1.165, 1.54) is 7.11 Å². The molecule has 98 valence electrons. The van der Waals surface area contributed by atoms with Crippen LogP contribution in [0, 0.1) is 6.92 Å². The molecule has 0 aliphatic heterocycles. The van der Waals surface area contributed by atoms with E-state index >= 15 is 0 Å². The molecule has 1 aromatic carbocycles. The molecule has 0 saturated heterocycles. The monoisotopic (exact) mass is 334 g/mol. The van der Waals surface area contributed by atoms with Crippen molar-refractivity contribution in [3.05, 3.63) is 27.2 Å². The number of nitrogens with two attached hydrogens (primary N) is 1. The lowest BCUT2D eigenvalue weighted by molar-refractivity contribution is 0.211. The number of hydrogen-bond donors (Lipinski definition) is 3. The second kappa shape index (κ2) is 6.46. The number of hydrogen-bond acceptors (Lipinski definition) is 3. The van der Waals surface area contributed by atoms with Crippen molar-refractivity contribution in [2.45, 2.75) is 6.92 Å². The summed E-state index contributed by atoms with van der Waals surface area (Å²) in [6.07, 6.45) is 0. The van der Waals surface area contributed by atoms with Crippen molar-refractivity contribution >= 4 is 45.2 Å². The van der Waals surface area contributed by atoms with Gasteiger partial charge >= 0.3 is 6.03 Å². The van der Waals surface area contributed by atoms with Crippen LogP contribution < -0.4 is 16.4 Å². The standard InChI is InChI=1S/C10H12BrClN4O2/c1-5-3-6(11)4-7(12)8(5)14-10(17)15-9(13)16-18-2/h3-4H,1-2H3,(H4,13,14,15,16,17). The molecule has 4 N–H and O–H groups in total.